The summed E-state index contributed by atoms with van der Waals surface area (Å²) in [5, 5.41) is 19.7. The van der Waals surface area contributed by atoms with Crippen molar-refractivity contribution in [1.82, 2.24) is 9.88 Å². The van der Waals surface area contributed by atoms with Crippen molar-refractivity contribution in [2.24, 2.45) is 5.92 Å². The first-order valence-electron chi connectivity index (χ1n) is 8.54. The first-order chi connectivity index (χ1) is 10.8. The average molecular weight is 299 g/mol. The number of piperidine rings is 1. The number of nitrogens with zero attached hydrogens (tertiary/aromatic N) is 3. The van der Waals surface area contributed by atoms with Crippen molar-refractivity contribution in [2.45, 2.75) is 63.6 Å². The monoisotopic (exact) mass is 299 g/mol. The van der Waals surface area contributed by atoms with Gasteiger partial charge in [-0.1, -0.05) is 19.3 Å². The van der Waals surface area contributed by atoms with Crippen molar-refractivity contribution < 1.29 is 5.11 Å². The molecule has 2 fully saturated rings. The van der Waals surface area contributed by atoms with E-state index < -0.39 is 0 Å². The summed E-state index contributed by atoms with van der Waals surface area (Å²) in [5.41, 5.74) is 1.74. The molecule has 1 aliphatic carbocycles. The van der Waals surface area contributed by atoms with Gasteiger partial charge in [0.05, 0.1) is 11.7 Å². The number of aromatic nitrogens is 1. The van der Waals surface area contributed by atoms with Crippen LogP contribution in [-0.4, -0.2) is 33.7 Å². The van der Waals surface area contributed by atoms with E-state index in [1.165, 1.54) is 25.7 Å². The van der Waals surface area contributed by atoms with Gasteiger partial charge in [-0.3, -0.25) is 9.88 Å². The smallest absolute Gasteiger partial charge is 0.101 e. The van der Waals surface area contributed by atoms with Crippen LogP contribution in [-0.2, 0) is 6.54 Å². The zero-order valence-corrected chi connectivity index (χ0v) is 13.1. The molecule has 4 nitrogen and oxygen atoms in total. The van der Waals surface area contributed by atoms with Crippen LogP contribution >= 0.6 is 0 Å². The van der Waals surface area contributed by atoms with Crippen molar-refractivity contribution in [2.75, 3.05) is 6.54 Å². The van der Waals surface area contributed by atoms with Crippen LogP contribution in [0.25, 0.3) is 0 Å². The highest BCUT2D eigenvalue weighted by Crippen LogP contribution is 2.34. The van der Waals surface area contributed by atoms with Gasteiger partial charge in [-0.2, -0.15) is 5.26 Å². The van der Waals surface area contributed by atoms with Gasteiger partial charge in [-0.05, 0) is 43.9 Å². The standard InChI is InChI=1S/C18H25N3O/c19-11-15-12-20-9-8-14(15)13-21-10-4-3-6-17(21)16-5-1-2-7-18(16)22/h8-9,12,16-18,22H,1-7,10,13H2. The third-order valence-electron chi connectivity index (χ3n) is 5.35. The van der Waals surface area contributed by atoms with Gasteiger partial charge in [0.15, 0.2) is 0 Å². The minimum atomic E-state index is -0.146. The van der Waals surface area contributed by atoms with Crippen molar-refractivity contribution >= 4 is 0 Å². The molecule has 0 aromatic carbocycles. The number of nitriles is 1. The molecule has 0 bridgehead atoms. The highest BCUT2D eigenvalue weighted by Gasteiger charge is 2.35. The van der Waals surface area contributed by atoms with E-state index in [1.807, 2.05) is 6.07 Å². The number of pyridine rings is 1. The zero-order chi connectivity index (χ0) is 15.4. The molecular formula is C18H25N3O. The minimum absolute atomic E-state index is 0.146. The van der Waals surface area contributed by atoms with E-state index in [0.717, 1.165) is 37.9 Å². The molecule has 1 aromatic rings. The lowest BCUT2D eigenvalue weighted by Crippen LogP contribution is -2.48. The molecule has 2 heterocycles. The molecule has 22 heavy (non-hydrogen) atoms. The van der Waals surface area contributed by atoms with Gasteiger partial charge in [-0.15, -0.1) is 0 Å². The Labute approximate surface area is 132 Å². The lowest BCUT2D eigenvalue weighted by molar-refractivity contribution is -0.00864. The molecule has 3 unspecified atom stereocenters. The fraction of sp³-hybridized carbons (Fsp3) is 0.667. The van der Waals surface area contributed by atoms with Crippen LogP contribution < -0.4 is 0 Å². The van der Waals surface area contributed by atoms with Crippen LogP contribution in [0.5, 0.6) is 0 Å². The van der Waals surface area contributed by atoms with Gasteiger partial charge in [0.1, 0.15) is 6.07 Å². The van der Waals surface area contributed by atoms with Gasteiger partial charge in [0.2, 0.25) is 0 Å². The Morgan fingerprint density at radius 3 is 2.86 bits per heavy atom. The quantitative estimate of drug-likeness (QED) is 0.932. The molecule has 0 amide bonds. The summed E-state index contributed by atoms with van der Waals surface area (Å²) in [5.74, 6) is 0.404. The Hall–Kier alpha value is -1.44. The average Bonchev–Trinajstić information content (AvgIpc) is 2.57. The second kappa shape index (κ2) is 7.21. The van der Waals surface area contributed by atoms with Crippen molar-refractivity contribution in [3.8, 4) is 6.07 Å². The summed E-state index contributed by atoms with van der Waals surface area (Å²) in [6.07, 6.45) is 11.4. The number of aliphatic hydroxyl groups excluding tert-OH is 1. The van der Waals surface area contributed by atoms with Gasteiger partial charge < -0.3 is 5.11 Å². The minimum Gasteiger partial charge on any atom is -0.393 e. The number of aliphatic hydroxyl groups is 1. The molecule has 1 saturated carbocycles. The van der Waals surface area contributed by atoms with Crippen LogP contribution in [0.15, 0.2) is 18.5 Å². The van der Waals surface area contributed by atoms with Crippen LogP contribution in [0.2, 0.25) is 0 Å². The van der Waals surface area contributed by atoms with Gasteiger partial charge in [0, 0.05) is 30.9 Å². The lowest BCUT2D eigenvalue weighted by atomic mass is 9.78. The predicted molar refractivity (Wildman–Crippen MR) is 85.0 cm³/mol. The van der Waals surface area contributed by atoms with E-state index in [0.29, 0.717) is 17.5 Å². The maximum atomic E-state index is 10.4. The Morgan fingerprint density at radius 2 is 2.05 bits per heavy atom. The molecule has 0 spiro atoms. The zero-order valence-electron chi connectivity index (χ0n) is 13.1. The van der Waals surface area contributed by atoms with Crippen molar-refractivity contribution in [1.29, 1.82) is 5.26 Å². The highest BCUT2D eigenvalue weighted by atomic mass is 16.3. The summed E-state index contributed by atoms with van der Waals surface area (Å²) in [6, 6.07) is 4.67. The normalized spacial score (nSPS) is 29.9. The van der Waals surface area contributed by atoms with E-state index in [-0.39, 0.29) is 6.10 Å². The summed E-state index contributed by atoms with van der Waals surface area (Å²) < 4.78 is 0. The molecule has 1 aliphatic heterocycles. The number of rotatable bonds is 3. The second-order valence-corrected chi connectivity index (χ2v) is 6.69. The first kappa shape index (κ1) is 15.5. The van der Waals surface area contributed by atoms with Crippen LogP contribution in [0, 0.1) is 17.2 Å². The second-order valence-electron chi connectivity index (χ2n) is 6.69. The van der Waals surface area contributed by atoms with Crippen LogP contribution in [0.3, 0.4) is 0 Å². The van der Waals surface area contributed by atoms with Gasteiger partial charge in [-0.25, -0.2) is 0 Å². The molecule has 3 rings (SSSR count). The SMILES string of the molecule is N#Cc1cnccc1CN1CCCCC1C1CCCCC1O. The number of likely N-dealkylation sites (tertiary alicyclic amines) is 1. The van der Waals surface area contributed by atoms with Crippen molar-refractivity contribution in [3.05, 3.63) is 29.6 Å². The maximum Gasteiger partial charge on any atom is 0.101 e. The molecule has 2 aliphatic rings. The molecule has 4 heteroatoms. The summed E-state index contributed by atoms with van der Waals surface area (Å²) in [6.45, 7) is 1.88. The molecule has 3 atom stereocenters. The Bertz CT molecular complexity index is 539. The highest BCUT2D eigenvalue weighted by molar-refractivity contribution is 5.34. The summed E-state index contributed by atoms with van der Waals surface area (Å²) in [7, 11) is 0. The third-order valence-corrected chi connectivity index (χ3v) is 5.35. The molecule has 0 radical (unpaired) electrons. The van der Waals surface area contributed by atoms with Crippen molar-refractivity contribution in [3.63, 3.8) is 0 Å². The molecule has 1 aromatic heterocycles. The summed E-state index contributed by atoms with van der Waals surface area (Å²) in [4.78, 5) is 6.55. The molecular weight excluding hydrogens is 274 g/mol. The Balaban J connectivity index is 1.76. The fourth-order valence-electron chi connectivity index (χ4n) is 4.17. The first-order valence-corrected chi connectivity index (χ1v) is 8.54. The van der Waals surface area contributed by atoms with E-state index in [9.17, 15) is 10.4 Å². The van der Waals surface area contributed by atoms with Crippen LogP contribution in [0.1, 0.15) is 56.1 Å². The maximum absolute atomic E-state index is 10.4. The summed E-state index contributed by atoms with van der Waals surface area (Å²) >= 11 is 0. The number of hydrogen-bond donors (Lipinski definition) is 1. The number of hydrogen-bond acceptors (Lipinski definition) is 4. The molecule has 118 valence electrons. The van der Waals surface area contributed by atoms with E-state index in [2.05, 4.69) is 16.0 Å². The van der Waals surface area contributed by atoms with E-state index in [1.54, 1.807) is 12.4 Å². The molecule has 1 saturated heterocycles. The van der Waals surface area contributed by atoms with E-state index in [4.69, 9.17) is 0 Å². The fourth-order valence-corrected chi connectivity index (χ4v) is 4.17. The van der Waals surface area contributed by atoms with Crippen LogP contribution in [0.4, 0.5) is 0 Å². The van der Waals surface area contributed by atoms with E-state index >= 15 is 0 Å². The molecule has 1 N–H and O–H groups in total. The largest absolute Gasteiger partial charge is 0.393 e. The van der Waals surface area contributed by atoms with Gasteiger partial charge in [0.25, 0.3) is 0 Å². The predicted octanol–water partition coefficient (Wildman–Crippen LogP) is 2.86. The topological polar surface area (TPSA) is 60.2 Å². The lowest BCUT2D eigenvalue weighted by Gasteiger charge is -2.44. The third kappa shape index (κ3) is 3.31. The van der Waals surface area contributed by atoms with Gasteiger partial charge >= 0.3 is 0 Å². The Morgan fingerprint density at radius 1 is 1.23 bits per heavy atom. The Kier molecular flexibility index (Phi) is 5.07.